The average molecular weight is 224 g/mol. The summed E-state index contributed by atoms with van der Waals surface area (Å²) in [6, 6.07) is 10.4. The average Bonchev–Trinajstić information content (AvgIpc) is 2.27. The first-order chi connectivity index (χ1) is 7.22. The molecule has 0 spiro atoms. The summed E-state index contributed by atoms with van der Waals surface area (Å²) >= 11 is 1.88. The van der Waals surface area contributed by atoms with Crippen molar-refractivity contribution in [1.29, 1.82) is 0 Å². The normalized spacial score (nSPS) is 14.9. The topological polar surface area (TPSA) is 20.2 Å². The van der Waals surface area contributed by atoms with Gasteiger partial charge in [0.25, 0.3) is 0 Å². The lowest BCUT2D eigenvalue weighted by molar-refractivity contribution is 0.158. The van der Waals surface area contributed by atoms with Crippen LogP contribution in [0.3, 0.4) is 0 Å². The van der Waals surface area contributed by atoms with Gasteiger partial charge in [-0.25, -0.2) is 0 Å². The van der Waals surface area contributed by atoms with Crippen LogP contribution < -0.4 is 0 Å². The largest absolute Gasteiger partial charge is 0.393 e. The van der Waals surface area contributed by atoms with Gasteiger partial charge in [0.1, 0.15) is 0 Å². The van der Waals surface area contributed by atoms with Gasteiger partial charge in [0.2, 0.25) is 0 Å². The monoisotopic (exact) mass is 224 g/mol. The van der Waals surface area contributed by atoms with E-state index < -0.39 is 0 Å². The van der Waals surface area contributed by atoms with Crippen molar-refractivity contribution in [2.24, 2.45) is 0 Å². The summed E-state index contributed by atoms with van der Waals surface area (Å²) in [4.78, 5) is 1.32. The molecule has 1 N–H and O–H groups in total. The highest BCUT2D eigenvalue weighted by atomic mass is 32.2. The van der Waals surface area contributed by atoms with Crippen molar-refractivity contribution in [3.8, 4) is 0 Å². The Balaban J connectivity index is 2.27. The Labute approximate surface area is 96.9 Å². The molecule has 1 aromatic carbocycles. The number of rotatable bonds is 6. The third kappa shape index (κ3) is 5.24. The van der Waals surface area contributed by atoms with Crippen molar-refractivity contribution >= 4 is 11.8 Å². The highest BCUT2D eigenvalue weighted by Gasteiger charge is 2.07. The number of benzene rings is 1. The van der Waals surface area contributed by atoms with Crippen LogP contribution in [0.2, 0.25) is 0 Å². The second-order valence-electron chi connectivity index (χ2n) is 3.88. The van der Waals surface area contributed by atoms with Gasteiger partial charge in [0.15, 0.2) is 0 Å². The molecule has 1 rings (SSSR count). The van der Waals surface area contributed by atoms with Crippen LogP contribution in [0.5, 0.6) is 0 Å². The zero-order chi connectivity index (χ0) is 11.1. The SMILES string of the molecule is CCC(O)CCC(C)Sc1ccccc1. The minimum Gasteiger partial charge on any atom is -0.393 e. The Hall–Kier alpha value is -0.470. The fraction of sp³-hybridized carbons (Fsp3) is 0.538. The van der Waals surface area contributed by atoms with E-state index in [1.54, 1.807) is 0 Å². The maximum atomic E-state index is 9.46. The van der Waals surface area contributed by atoms with E-state index in [0.717, 1.165) is 19.3 Å². The smallest absolute Gasteiger partial charge is 0.0538 e. The number of aliphatic hydroxyl groups is 1. The lowest BCUT2D eigenvalue weighted by Crippen LogP contribution is -2.07. The molecule has 0 amide bonds. The summed E-state index contributed by atoms with van der Waals surface area (Å²) in [6.07, 6.45) is 2.73. The van der Waals surface area contributed by atoms with Crippen LogP contribution in [0.4, 0.5) is 0 Å². The molecule has 1 nitrogen and oxygen atoms in total. The lowest BCUT2D eigenvalue weighted by Gasteiger charge is -2.13. The molecule has 0 saturated carbocycles. The molecule has 0 aliphatic rings. The molecule has 0 heterocycles. The van der Waals surface area contributed by atoms with E-state index in [1.807, 2.05) is 24.8 Å². The Morgan fingerprint density at radius 1 is 1.20 bits per heavy atom. The molecule has 2 heteroatoms. The molecular formula is C13H20OS. The first kappa shape index (κ1) is 12.6. The summed E-state index contributed by atoms with van der Waals surface area (Å²) in [5.41, 5.74) is 0. The van der Waals surface area contributed by atoms with Crippen LogP contribution >= 0.6 is 11.8 Å². The van der Waals surface area contributed by atoms with Crippen molar-refractivity contribution in [2.75, 3.05) is 0 Å². The minimum absolute atomic E-state index is 0.121. The van der Waals surface area contributed by atoms with Crippen LogP contribution in [-0.4, -0.2) is 16.5 Å². The van der Waals surface area contributed by atoms with E-state index in [0.29, 0.717) is 5.25 Å². The number of hydrogen-bond donors (Lipinski definition) is 1. The van der Waals surface area contributed by atoms with Crippen LogP contribution in [0.25, 0.3) is 0 Å². The van der Waals surface area contributed by atoms with Gasteiger partial charge in [-0.3, -0.25) is 0 Å². The number of thioether (sulfide) groups is 1. The van der Waals surface area contributed by atoms with Gasteiger partial charge in [0.05, 0.1) is 6.10 Å². The van der Waals surface area contributed by atoms with Gasteiger partial charge in [-0.15, -0.1) is 11.8 Å². The van der Waals surface area contributed by atoms with E-state index >= 15 is 0 Å². The molecule has 0 bridgehead atoms. The van der Waals surface area contributed by atoms with Crippen LogP contribution in [0, 0.1) is 0 Å². The predicted molar refractivity (Wildman–Crippen MR) is 67.3 cm³/mol. The molecule has 1 aromatic rings. The van der Waals surface area contributed by atoms with Gasteiger partial charge in [-0.2, -0.15) is 0 Å². The van der Waals surface area contributed by atoms with Gasteiger partial charge in [-0.1, -0.05) is 32.0 Å². The molecule has 0 saturated heterocycles. The summed E-state index contributed by atoms with van der Waals surface area (Å²) in [7, 11) is 0. The molecule has 0 radical (unpaired) electrons. The first-order valence-electron chi connectivity index (χ1n) is 5.62. The maximum Gasteiger partial charge on any atom is 0.0538 e. The van der Waals surface area contributed by atoms with Crippen LogP contribution in [-0.2, 0) is 0 Å². The van der Waals surface area contributed by atoms with Gasteiger partial charge in [0, 0.05) is 10.1 Å². The standard InChI is InChI=1S/C13H20OS/c1-3-12(14)10-9-11(2)15-13-7-5-4-6-8-13/h4-8,11-12,14H,3,9-10H2,1-2H3. The van der Waals surface area contributed by atoms with E-state index in [9.17, 15) is 5.11 Å². The third-order valence-electron chi connectivity index (χ3n) is 2.46. The van der Waals surface area contributed by atoms with Gasteiger partial charge >= 0.3 is 0 Å². The fourth-order valence-electron chi connectivity index (χ4n) is 1.42. The lowest BCUT2D eigenvalue weighted by atomic mass is 10.1. The maximum absolute atomic E-state index is 9.46. The van der Waals surface area contributed by atoms with Crippen molar-refractivity contribution in [3.05, 3.63) is 30.3 Å². The van der Waals surface area contributed by atoms with E-state index in [4.69, 9.17) is 0 Å². The molecule has 0 fully saturated rings. The second kappa shape index (κ2) is 6.91. The Morgan fingerprint density at radius 2 is 1.87 bits per heavy atom. The van der Waals surface area contributed by atoms with Crippen molar-refractivity contribution in [3.63, 3.8) is 0 Å². The summed E-state index contributed by atoms with van der Waals surface area (Å²) in [5.74, 6) is 0. The van der Waals surface area contributed by atoms with Crippen molar-refractivity contribution in [1.82, 2.24) is 0 Å². The molecule has 0 aromatic heterocycles. The molecule has 2 atom stereocenters. The number of aliphatic hydroxyl groups excluding tert-OH is 1. The molecule has 0 aliphatic carbocycles. The summed E-state index contributed by atoms with van der Waals surface area (Å²) in [6.45, 7) is 4.25. The van der Waals surface area contributed by atoms with Crippen LogP contribution in [0.1, 0.15) is 33.1 Å². The second-order valence-corrected chi connectivity index (χ2v) is 5.39. The molecule has 0 aliphatic heterocycles. The van der Waals surface area contributed by atoms with Crippen LogP contribution in [0.15, 0.2) is 35.2 Å². The van der Waals surface area contributed by atoms with E-state index in [2.05, 4.69) is 31.2 Å². The van der Waals surface area contributed by atoms with Crippen molar-refractivity contribution < 1.29 is 5.11 Å². The van der Waals surface area contributed by atoms with Gasteiger partial charge < -0.3 is 5.11 Å². The van der Waals surface area contributed by atoms with E-state index in [1.165, 1.54) is 4.90 Å². The quantitative estimate of drug-likeness (QED) is 0.743. The summed E-state index contributed by atoms with van der Waals surface area (Å²) in [5, 5.41) is 10.0. The van der Waals surface area contributed by atoms with Crippen molar-refractivity contribution in [2.45, 2.75) is 49.4 Å². The third-order valence-corrected chi connectivity index (χ3v) is 3.64. The molecule has 15 heavy (non-hydrogen) atoms. The Kier molecular flexibility index (Phi) is 5.81. The summed E-state index contributed by atoms with van der Waals surface area (Å²) < 4.78 is 0. The Morgan fingerprint density at radius 3 is 2.47 bits per heavy atom. The van der Waals surface area contributed by atoms with Gasteiger partial charge in [-0.05, 0) is 31.4 Å². The van der Waals surface area contributed by atoms with E-state index in [-0.39, 0.29) is 6.10 Å². The molecule has 2 unspecified atom stereocenters. The zero-order valence-corrected chi connectivity index (χ0v) is 10.3. The minimum atomic E-state index is -0.121. The zero-order valence-electron chi connectivity index (χ0n) is 9.52. The highest BCUT2D eigenvalue weighted by Crippen LogP contribution is 2.26. The first-order valence-corrected chi connectivity index (χ1v) is 6.50. The molecule has 84 valence electrons. The fourth-order valence-corrected chi connectivity index (χ4v) is 2.45. The predicted octanol–water partition coefficient (Wildman–Crippen LogP) is 3.72. The number of hydrogen-bond acceptors (Lipinski definition) is 2. The Bertz CT molecular complexity index is 260. The molecular weight excluding hydrogens is 204 g/mol. The highest BCUT2D eigenvalue weighted by molar-refractivity contribution is 7.99.